The first-order chi connectivity index (χ1) is 8.45. The molecule has 2 rings (SSSR count). The van der Waals surface area contributed by atoms with E-state index < -0.39 is 0 Å². The van der Waals surface area contributed by atoms with Crippen LogP contribution in [-0.2, 0) is 10.2 Å². The summed E-state index contributed by atoms with van der Waals surface area (Å²) in [6, 6.07) is 1.87. The van der Waals surface area contributed by atoms with E-state index in [1.54, 1.807) is 11.8 Å². The topological polar surface area (TPSA) is 61.0 Å². The van der Waals surface area contributed by atoms with E-state index in [2.05, 4.69) is 30.7 Å². The van der Waals surface area contributed by atoms with Gasteiger partial charge in [0.25, 0.3) is 0 Å². The molecule has 0 unspecified atom stereocenters. The molecular weight excluding hydrogens is 246 g/mol. The monoisotopic (exact) mass is 267 g/mol. The van der Waals surface area contributed by atoms with Crippen molar-refractivity contribution in [2.45, 2.75) is 49.3 Å². The molecule has 1 aliphatic heterocycles. The summed E-state index contributed by atoms with van der Waals surface area (Å²) in [5, 5.41) is 1.57. The zero-order valence-electron chi connectivity index (χ0n) is 11.3. The number of anilines is 1. The van der Waals surface area contributed by atoms with E-state index in [4.69, 9.17) is 10.5 Å². The second kappa shape index (κ2) is 5.45. The Hall–Kier alpha value is -0.810. The second-order valence-electron chi connectivity index (χ2n) is 5.63. The van der Waals surface area contributed by atoms with Crippen molar-refractivity contribution < 1.29 is 4.74 Å². The molecule has 1 aliphatic rings. The fourth-order valence-electron chi connectivity index (χ4n) is 1.80. The highest BCUT2D eigenvalue weighted by atomic mass is 32.2. The molecule has 2 heterocycles. The van der Waals surface area contributed by atoms with E-state index in [-0.39, 0.29) is 5.41 Å². The predicted molar refractivity (Wildman–Crippen MR) is 74.8 cm³/mol. The number of ether oxygens (including phenoxy) is 1. The van der Waals surface area contributed by atoms with Crippen LogP contribution in [0.1, 0.15) is 39.4 Å². The Morgan fingerprint density at radius 3 is 2.56 bits per heavy atom. The number of nitrogens with zero attached hydrogens (tertiary/aromatic N) is 2. The molecule has 4 nitrogen and oxygen atoms in total. The number of thioether (sulfide) groups is 1. The van der Waals surface area contributed by atoms with Gasteiger partial charge in [0.15, 0.2) is 0 Å². The standard InChI is InChI=1S/C13H21N3OS/c1-13(2,3)12-15-10(14)8-11(16-12)18-9-4-6-17-7-5-9/h8-9H,4-7H2,1-3H3,(H2,14,15,16). The molecule has 0 aliphatic carbocycles. The number of rotatable bonds is 2. The molecule has 2 N–H and O–H groups in total. The van der Waals surface area contributed by atoms with Crippen LogP contribution in [0, 0.1) is 0 Å². The average Bonchev–Trinajstić information content (AvgIpc) is 2.28. The molecule has 1 aromatic rings. The summed E-state index contributed by atoms with van der Waals surface area (Å²) in [6.07, 6.45) is 2.17. The van der Waals surface area contributed by atoms with E-state index in [0.29, 0.717) is 11.1 Å². The van der Waals surface area contributed by atoms with E-state index in [0.717, 1.165) is 36.9 Å². The van der Waals surface area contributed by atoms with E-state index in [1.807, 2.05) is 6.07 Å². The molecule has 0 aromatic carbocycles. The SMILES string of the molecule is CC(C)(C)c1nc(N)cc(SC2CCOCC2)n1. The summed E-state index contributed by atoms with van der Waals surface area (Å²) in [5.74, 6) is 1.38. The molecule has 0 amide bonds. The molecule has 0 spiro atoms. The molecule has 0 radical (unpaired) electrons. The van der Waals surface area contributed by atoms with Crippen LogP contribution in [0.2, 0.25) is 0 Å². The third-order valence-electron chi connectivity index (χ3n) is 2.85. The molecule has 1 saturated heterocycles. The van der Waals surface area contributed by atoms with Crippen LogP contribution in [0.5, 0.6) is 0 Å². The number of nitrogens with two attached hydrogens (primary N) is 1. The Morgan fingerprint density at radius 2 is 1.94 bits per heavy atom. The number of hydrogen-bond acceptors (Lipinski definition) is 5. The van der Waals surface area contributed by atoms with Crippen LogP contribution in [0.3, 0.4) is 0 Å². The zero-order valence-corrected chi connectivity index (χ0v) is 12.1. The molecular formula is C13H21N3OS. The molecule has 0 atom stereocenters. The predicted octanol–water partition coefficient (Wildman–Crippen LogP) is 2.63. The third-order valence-corrected chi connectivity index (χ3v) is 4.10. The largest absolute Gasteiger partial charge is 0.384 e. The molecule has 0 saturated carbocycles. The van der Waals surface area contributed by atoms with Gasteiger partial charge in [-0.25, -0.2) is 9.97 Å². The maximum Gasteiger partial charge on any atom is 0.137 e. The van der Waals surface area contributed by atoms with Gasteiger partial charge in [0, 0.05) is 29.9 Å². The Morgan fingerprint density at radius 1 is 1.28 bits per heavy atom. The lowest BCUT2D eigenvalue weighted by Crippen LogP contribution is -2.19. The van der Waals surface area contributed by atoms with Gasteiger partial charge in [-0.05, 0) is 12.8 Å². The maximum atomic E-state index is 5.87. The van der Waals surface area contributed by atoms with Gasteiger partial charge >= 0.3 is 0 Å². The van der Waals surface area contributed by atoms with Crippen LogP contribution in [0.15, 0.2) is 11.1 Å². The van der Waals surface area contributed by atoms with Crippen molar-refractivity contribution in [3.63, 3.8) is 0 Å². The average molecular weight is 267 g/mol. The minimum atomic E-state index is -0.0691. The lowest BCUT2D eigenvalue weighted by molar-refractivity contribution is 0.1000. The highest BCUT2D eigenvalue weighted by molar-refractivity contribution is 7.99. The van der Waals surface area contributed by atoms with E-state index in [9.17, 15) is 0 Å². The van der Waals surface area contributed by atoms with Gasteiger partial charge in [0.2, 0.25) is 0 Å². The summed E-state index contributed by atoms with van der Waals surface area (Å²) in [7, 11) is 0. The third kappa shape index (κ3) is 3.59. The minimum absolute atomic E-state index is 0.0691. The first kappa shape index (κ1) is 13.6. The van der Waals surface area contributed by atoms with Crippen molar-refractivity contribution in [1.29, 1.82) is 0 Å². The number of aromatic nitrogens is 2. The van der Waals surface area contributed by atoms with E-state index in [1.165, 1.54) is 0 Å². The normalized spacial score (nSPS) is 17.9. The van der Waals surface area contributed by atoms with E-state index >= 15 is 0 Å². The number of hydrogen-bond donors (Lipinski definition) is 1. The lowest BCUT2D eigenvalue weighted by atomic mass is 9.96. The fraction of sp³-hybridized carbons (Fsp3) is 0.692. The highest BCUT2D eigenvalue weighted by Crippen LogP contribution is 2.30. The van der Waals surface area contributed by atoms with Gasteiger partial charge in [0.1, 0.15) is 16.7 Å². The number of nitrogen functional groups attached to an aromatic ring is 1. The Bertz CT molecular complexity index is 411. The van der Waals surface area contributed by atoms with Crippen molar-refractivity contribution >= 4 is 17.6 Å². The van der Waals surface area contributed by atoms with Gasteiger partial charge in [0.05, 0.1) is 0 Å². The van der Waals surface area contributed by atoms with Crippen molar-refractivity contribution in [2.75, 3.05) is 18.9 Å². The van der Waals surface area contributed by atoms with Crippen molar-refractivity contribution in [3.05, 3.63) is 11.9 Å². The summed E-state index contributed by atoms with van der Waals surface area (Å²) >= 11 is 1.80. The van der Waals surface area contributed by atoms with Crippen LogP contribution in [0.25, 0.3) is 0 Å². The summed E-state index contributed by atoms with van der Waals surface area (Å²) < 4.78 is 5.37. The zero-order chi connectivity index (χ0) is 13.2. The van der Waals surface area contributed by atoms with Gasteiger partial charge in [-0.2, -0.15) is 0 Å². The molecule has 100 valence electrons. The fourth-order valence-corrected chi connectivity index (χ4v) is 2.90. The van der Waals surface area contributed by atoms with Crippen molar-refractivity contribution in [2.24, 2.45) is 0 Å². The van der Waals surface area contributed by atoms with Crippen LogP contribution in [-0.4, -0.2) is 28.4 Å². The molecule has 5 heteroatoms. The molecule has 1 fully saturated rings. The Labute approximate surface area is 113 Å². The van der Waals surface area contributed by atoms with Crippen molar-refractivity contribution in [3.8, 4) is 0 Å². The van der Waals surface area contributed by atoms with Crippen LogP contribution >= 0.6 is 11.8 Å². The smallest absolute Gasteiger partial charge is 0.137 e. The minimum Gasteiger partial charge on any atom is -0.384 e. The van der Waals surface area contributed by atoms with Gasteiger partial charge in [-0.3, -0.25) is 0 Å². The van der Waals surface area contributed by atoms with Gasteiger partial charge in [-0.15, -0.1) is 11.8 Å². The second-order valence-corrected chi connectivity index (χ2v) is 6.95. The van der Waals surface area contributed by atoms with Gasteiger partial charge < -0.3 is 10.5 Å². The first-order valence-corrected chi connectivity index (χ1v) is 7.22. The maximum absolute atomic E-state index is 5.87. The summed E-state index contributed by atoms with van der Waals surface area (Å²) in [4.78, 5) is 8.96. The quantitative estimate of drug-likeness (QED) is 0.835. The van der Waals surface area contributed by atoms with Crippen molar-refractivity contribution in [1.82, 2.24) is 9.97 Å². The first-order valence-electron chi connectivity index (χ1n) is 6.34. The summed E-state index contributed by atoms with van der Waals surface area (Å²) in [5.41, 5.74) is 5.80. The van der Waals surface area contributed by atoms with Crippen LogP contribution < -0.4 is 5.73 Å². The molecule has 0 bridgehead atoms. The Balaban J connectivity index is 2.14. The van der Waals surface area contributed by atoms with Crippen LogP contribution in [0.4, 0.5) is 5.82 Å². The summed E-state index contributed by atoms with van der Waals surface area (Å²) in [6.45, 7) is 8.01. The molecule has 18 heavy (non-hydrogen) atoms. The molecule has 1 aromatic heterocycles. The lowest BCUT2D eigenvalue weighted by Gasteiger charge is -2.22. The van der Waals surface area contributed by atoms with Gasteiger partial charge in [-0.1, -0.05) is 20.8 Å². The highest BCUT2D eigenvalue weighted by Gasteiger charge is 2.21. The Kier molecular flexibility index (Phi) is 4.12.